The summed E-state index contributed by atoms with van der Waals surface area (Å²) >= 11 is 0. The van der Waals surface area contributed by atoms with Crippen LogP contribution in [0.25, 0.3) is 10.8 Å². The van der Waals surface area contributed by atoms with E-state index in [9.17, 15) is 4.79 Å². The molecule has 0 aromatic heterocycles. The van der Waals surface area contributed by atoms with Crippen LogP contribution in [0.3, 0.4) is 0 Å². The molecule has 2 bridgehead atoms. The number of benzene rings is 2. The van der Waals surface area contributed by atoms with Crippen LogP contribution in [0.5, 0.6) is 0 Å². The van der Waals surface area contributed by atoms with Gasteiger partial charge in [-0.3, -0.25) is 0 Å². The molecule has 24 heavy (non-hydrogen) atoms. The molecule has 2 aromatic rings. The van der Waals surface area contributed by atoms with Gasteiger partial charge in [0.15, 0.2) is 0 Å². The van der Waals surface area contributed by atoms with Crippen LogP contribution < -0.4 is 0 Å². The Morgan fingerprint density at radius 3 is 2.67 bits per heavy atom. The first-order valence-corrected chi connectivity index (χ1v) is 8.89. The van der Waals surface area contributed by atoms with Crippen molar-refractivity contribution >= 4 is 16.7 Å². The van der Waals surface area contributed by atoms with Gasteiger partial charge in [0.1, 0.15) is 0 Å². The van der Waals surface area contributed by atoms with Gasteiger partial charge in [0.2, 0.25) is 0 Å². The zero-order valence-electron chi connectivity index (χ0n) is 14.4. The fraction of sp³-hybridized carbons (Fsp3) is 0.409. The molecule has 5 rings (SSSR count). The third-order valence-corrected chi connectivity index (χ3v) is 6.13. The smallest absolute Gasteiger partial charge is 0.338 e. The second kappa shape index (κ2) is 5.77. The monoisotopic (exact) mass is 320 g/mol. The highest BCUT2D eigenvalue weighted by molar-refractivity contribution is 5.95. The van der Waals surface area contributed by atoms with Gasteiger partial charge in [-0.15, -0.1) is 0 Å². The maximum absolute atomic E-state index is 12.3. The molecule has 3 aliphatic carbocycles. The van der Waals surface area contributed by atoms with E-state index in [0.29, 0.717) is 17.6 Å². The zero-order chi connectivity index (χ0) is 16.7. The van der Waals surface area contributed by atoms with Crippen molar-refractivity contribution in [2.24, 2.45) is 17.3 Å². The lowest BCUT2D eigenvalue weighted by atomic mass is 9.50. The minimum absolute atomic E-state index is 0.220. The summed E-state index contributed by atoms with van der Waals surface area (Å²) in [5.41, 5.74) is 2.59. The summed E-state index contributed by atoms with van der Waals surface area (Å²) in [7, 11) is 0. The van der Waals surface area contributed by atoms with Gasteiger partial charge in [-0.05, 0) is 53.0 Å². The third kappa shape index (κ3) is 2.64. The number of hydrogen-bond donors (Lipinski definition) is 0. The Hall–Kier alpha value is -2.09. The number of carbonyl (C=O) groups is 1. The molecular formula is C22H24O2. The molecule has 1 fully saturated rings. The van der Waals surface area contributed by atoms with Gasteiger partial charge in [-0.25, -0.2) is 4.79 Å². The number of fused-ring (bicyclic) bond motifs is 2. The van der Waals surface area contributed by atoms with Crippen LogP contribution in [-0.2, 0) is 4.74 Å². The Bertz CT molecular complexity index is 816. The first-order chi connectivity index (χ1) is 11.5. The van der Waals surface area contributed by atoms with Crippen molar-refractivity contribution in [1.82, 2.24) is 0 Å². The van der Waals surface area contributed by atoms with Crippen molar-refractivity contribution in [2.45, 2.75) is 33.1 Å². The second-order valence-corrected chi connectivity index (χ2v) is 7.84. The molecule has 2 unspecified atom stereocenters. The van der Waals surface area contributed by atoms with E-state index in [0.717, 1.165) is 29.0 Å². The number of rotatable bonds is 4. The quantitative estimate of drug-likeness (QED) is 0.558. The average molecular weight is 320 g/mol. The highest BCUT2D eigenvalue weighted by Gasteiger charge is 2.49. The molecule has 0 N–H and O–H groups in total. The largest absolute Gasteiger partial charge is 0.462 e. The van der Waals surface area contributed by atoms with Crippen molar-refractivity contribution in [3.8, 4) is 0 Å². The summed E-state index contributed by atoms with van der Waals surface area (Å²) in [4.78, 5) is 12.3. The van der Waals surface area contributed by atoms with Crippen LogP contribution in [0.2, 0.25) is 0 Å². The van der Waals surface area contributed by atoms with Gasteiger partial charge in [0, 0.05) is 6.42 Å². The number of hydrogen-bond acceptors (Lipinski definition) is 2. The maximum Gasteiger partial charge on any atom is 0.338 e. The van der Waals surface area contributed by atoms with Crippen LogP contribution in [0.15, 0.2) is 54.1 Å². The summed E-state index contributed by atoms with van der Waals surface area (Å²) in [6.07, 6.45) is 5.83. The predicted molar refractivity (Wildman–Crippen MR) is 96.9 cm³/mol. The molecule has 0 heterocycles. The number of ether oxygens (including phenoxy) is 1. The number of carbonyl (C=O) groups excluding carboxylic acids is 1. The van der Waals surface area contributed by atoms with Crippen molar-refractivity contribution in [3.05, 3.63) is 59.7 Å². The Balaban J connectivity index is 1.35. The van der Waals surface area contributed by atoms with E-state index in [2.05, 4.69) is 19.9 Å². The van der Waals surface area contributed by atoms with Gasteiger partial charge in [-0.1, -0.05) is 55.8 Å². The Labute approximate surface area is 143 Å². The average Bonchev–Trinajstić information content (AvgIpc) is 2.61. The topological polar surface area (TPSA) is 26.3 Å². The van der Waals surface area contributed by atoms with Gasteiger partial charge in [0.05, 0.1) is 12.2 Å². The van der Waals surface area contributed by atoms with E-state index in [-0.39, 0.29) is 5.97 Å². The zero-order valence-corrected chi connectivity index (χ0v) is 14.4. The summed E-state index contributed by atoms with van der Waals surface area (Å²) in [6, 6.07) is 13.8. The van der Waals surface area contributed by atoms with Crippen LogP contribution in [-0.4, -0.2) is 12.6 Å². The van der Waals surface area contributed by atoms with Crippen LogP contribution >= 0.6 is 0 Å². The van der Waals surface area contributed by atoms with Gasteiger partial charge in [-0.2, -0.15) is 0 Å². The molecule has 0 aliphatic heterocycles. The molecule has 2 nitrogen and oxygen atoms in total. The third-order valence-electron chi connectivity index (χ3n) is 6.13. The number of allylic oxidation sites excluding steroid dienone is 1. The van der Waals surface area contributed by atoms with Gasteiger partial charge < -0.3 is 4.74 Å². The first-order valence-electron chi connectivity index (χ1n) is 8.89. The van der Waals surface area contributed by atoms with E-state index in [1.165, 1.54) is 18.4 Å². The minimum atomic E-state index is -0.220. The molecule has 2 atom stereocenters. The maximum atomic E-state index is 12.3. The van der Waals surface area contributed by atoms with Crippen molar-refractivity contribution in [3.63, 3.8) is 0 Å². The van der Waals surface area contributed by atoms with Crippen molar-refractivity contribution in [2.75, 3.05) is 6.61 Å². The van der Waals surface area contributed by atoms with Crippen LogP contribution in [0.1, 0.15) is 43.5 Å². The summed E-state index contributed by atoms with van der Waals surface area (Å²) in [5.74, 6) is 1.32. The molecule has 124 valence electrons. The first kappa shape index (κ1) is 15.4. The molecule has 1 saturated carbocycles. The molecule has 0 amide bonds. The molecule has 3 aliphatic rings. The lowest BCUT2D eigenvalue weighted by Gasteiger charge is -2.55. The lowest BCUT2D eigenvalue weighted by molar-refractivity contribution is -0.00278. The lowest BCUT2D eigenvalue weighted by Crippen LogP contribution is -2.46. The fourth-order valence-corrected chi connectivity index (χ4v) is 4.21. The van der Waals surface area contributed by atoms with E-state index in [1.54, 1.807) is 0 Å². The van der Waals surface area contributed by atoms with Gasteiger partial charge in [0.25, 0.3) is 0 Å². The molecular weight excluding hydrogens is 296 g/mol. The Morgan fingerprint density at radius 2 is 1.96 bits per heavy atom. The predicted octanol–water partition coefficient (Wildman–Crippen LogP) is 5.38. The Kier molecular flexibility index (Phi) is 3.71. The molecule has 0 spiro atoms. The van der Waals surface area contributed by atoms with Crippen LogP contribution in [0.4, 0.5) is 0 Å². The summed E-state index contributed by atoms with van der Waals surface area (Å²) < 4.78 is 5.50. The highest BCUT2D eigenvalue weighted by atomic mass is 16.5. The minimum Gasteiger partial charge on any atom is -0.462 e. The molecule has 0 saturated heterocycles. The Morgan fingerprint density at radius 1 is 1.17 bits per heavy atom. The highest BCUT2D eigenvalue weighted by Crippen LogP contribution is 2.58. The van der Waals surface area contributed by atoms with Crippen molar-refractivity contribution < 1.29 is 9.53 Å². The van der Waals surface area contributed by atoms with Gasteiger partial charge >= 0.3 is 5.97 Å². The van der Waals surface area contributed by atoms with E-state index >= 15 is 0 Å². The molecule has 0 radical (unpaired) electrons. The van der Waals surface area contributed by atoms with Crippen molar-refractivity contribution in [1.29, 1.82) is 0 Å². The van der Waals surface area contributed by atoms with E-state index < -0.39 is 0 Å². The molecule has 2 aromatic carbocycles. The van der Waals surface area contributed by atoms with Crippen LogP contribution in [0, 0.1) is 17.3 Å². The van der Waals surface area contributed by atoms with E-state index in [4.69, 9.17) is 4.74 Å². The summed E-state index contributed by atoms with van der Waals surface area (Å²) in [6.45, 7) is 5.23. The standard InChI is InChI=1S/C22H24O2/c1-22(2)19-11-15(12-20(22)14-19)9-10-24-21(23)18-8-7-16-5-3-4-6-17(16)13-18/h3-8,11,13,19-20H,9-10,12,14H2,1-2H3. The summed E-state index contributed by atoms with van der Waals surface area (Å²) in [5, 5.41) is 2.22. The van der Waals surface area contributed by atoms with E-state index in [1.807, 2.05) is 42.5 Å². The SMILES string of the molecule is CC1(C)C2C=C(CCOC(=O)c3ccc4ccccc4c3)CC1C2. The fourth-order valence-electron chi connectivity index (χ4n) is 4.21. The normalized spacial score (nSPS) is 24.2. The second-order valence-electron chi connectivity index (χ2n) is 7.84. The molecule has 2 heteroatoms. The number of esters is 1.